The summed E-state index contributed by atoms with van der Waals surface area (Å²) in [5.41, 5.74) is 5.99. The molecular weight excluding hydrogens is 243 g/mol. The van der Waals surface area contributed by atoms with Crippen molar-refractivity contribution in [2.45, 2.75) is 18.6 Å². The number of hydrogen-bond donors (Lipinski definition) is 2. The first-order valence-corrected chi connectivity index (χ1v) is 7.01. The Hall–Kier alpha value is -1.30. The van der Waals surface area contributed by atoms with Gasteiger partial charge in [-0.25, -0.2) is 12.8 Å². The maximum Gasteiger partial charge on any atom is 0.154 e. The zero-order valence-electron chi connectivity index (χ0n) is 10.1. The van der Waals surface area contributed by atoms with Gasteiger partial charge in [-0.05, 0) is 32.0 Å². The van der Waals surface area contributed by atoms with E-state index in [1.54, 1.807) is 19.9 Å². The fraction of sp³-hybridized carbons (Fsp3) is 0.455. The minimum atomic E-state index is -3.20. The Morgan fingerprint density at radius 2 is 2.00 bits per heavy atom. The highest BCUT2D eigenvalue weighted by Gasteiger charge is 2.29. The van der Waals surface area contributed by atoms with E-state index in [2.05, 4.69) is 5.32 Å². The number of nitrogens with two attached hydrogens (primary N) is 1. The fourth-order valence-electron chi connectivity index (χ4n) is 1.11. The summed E-state index contributed by atoms with van der Waals surface area (Å²) < 4.78 is 35.4. The summed E-state index contributed by atoms with van der Waals surface area (Å²) in [4.78, 5) is 0. The summed E-state index contributed by atoms with van der Waals surface area (Å²) >= 11 is 0. The number of halogens is 1. The number of sulfone groups is 1. The van der Waals surface area contributed by atoms with Crippen LogP contribution in [0.1, 0.15) is 13.8 Å². The number of nitrogens with one attached hydrogen (secondary N) is 1. The van der Waals surface area contributed by atoms with Gasteiger partial charge in [-0.1, -0.05) is 0 Å². The molecule has 0 fully saturated rings. The third kappa shape index (κ3) is 3.33. The highest BCUT2D eigenvalue weighted by Crippen LogP contribution is 2.20. The molecule has 0 aliphatic heterocycles. The van der Waals surface area contributed by atoms with Gasteiger partial charge in [0.1, 0.15) is 5.82 Å². The molecule has 0 amide bonds. The lowest BCUT2D eigenvalue weighted by atomic mass is 10.2. The van der Waals surface area contributed by atoms with Crippen molar-refractivity contribution in [2.24, 2.45) is 0 Å². The molecular formula is C11H17FN2O2S. The molecule has 1 rings (SSSR count). The molecule has 0 saturated carbocycles. The number of anilines is 2. The van der Waals surface area contributed by atoms with E-state index in [0.717, 1.165) is 6.26 Å². The minimum absolute atomic E-state index is 0.132. The third-order valence-electron chi connectivity index (χ3n) is 2.70. The van der Waals surface area contributed by atoms with Gasteiger partial charge in [0.15, 0.2) is 9.84 Å². The Kier molecular flexibility index (Phi) is 3.66. The third-order valence-corrected chi connectivity index (χ3v) is 4.85. The average Bonchev–Trinajstić information content (AvgIpc) is 2.14. The van der Waals surface area contributed by atoms with E-state index < -0.39 is 20.4 Å². The van der Waals surface area contributed by atoms with Crippen LogP contribution in [0, 0.1) is 5.82 Å². The molecule has 1 aromatic rings. The molecule has 0 aliphatic carbocycles. The van der Waals surface area contributed by atoms with Crippen LogP contribution in [0.15, 0.2) is 18.2 Å². The van der Waals surface area contributed by atoms with Gasteiger partial charge < -0.3 is 11.1 Å². The molecule has 0 aliphatic rings. The van der Waals surface area contributed by atoms with Crippen molar-refractivity contribution in [1.29, 1.82) is 0 Å². The Morgan fingerprint density at radius 1 is 1.41 bits per heavy atom. The van der Waals surface area contributed by atoms with E-state index in [-0.39, 0.29) is 12.2 Å². The highest BCUT2D eigenvalue weighted by atomic mass is 32.2. The topological polar surface area (TPSA) is 72.2 Å². The van der Waals surface area contributed by atoms with E-state index in [0.29, 0.717) is 5.69 Å². The van der Waals surface area contributed by atoms with Crippen LogP contribution < -0.4 is 11.1 Å². The highest BCUT2D eigenvalue weighted by molar-refractivity contribution is 7.92. The summed E-state index contributed by atoms with van der Waals surface area (Å²) in [5.74, 6) is -0.491. The quantitative estimate of drug-likeness (QED) is 0.807. The minimum Gasteiger partial charge on any atom is -0.399 e. The number of nitrogen functional groups attached to an aromatic ring is 1. The first-order chi connectivity index (χ1) is 7.63. The molecule has 0 aromatic heterocycles. The molecule has 0 bridgehead atoms. The van der Waals surface area contributed by atoms with Crippen LogP contribution in [0.5, 0.6) is 0 Å². The lowest BCUT2D eigenvalue weighted by Gasteiger charge is -2.23. The molecule has 96 valence electrons. The number of hydrogen-bond acceptors (Lipinski definition) is 4. The molecule has 0 radical (unpaired) electrons. The van der Waals surface area contributed by atoms with Crippen molar-refractivity contribution in [3.8, 4) is 0 Å². The van der Waals surface area contributed by atoms with Crippen LogP contribution in [0.3, 0.4) is 0 Å². The predicted octanol–water partition coefficient (Wildman–Crippen LogP) is 1.64. The normalized spacial score (nSPS) is 12.5. The Labute approximate surface area is 101 Å². The van der Waals surface area contributed by atoms with Gasteiger partial charge in [-0.3, -0.25) is 0 Å². The first-order valence-electron chi connectivity index (χ1n) is 5.12. The van der Waals surface area contributed by atoms with Crippen LogP contribution >= 0.6 is 0 Å². The largest absolute Gasteiger partial charge is 0.399 e. The van der Waals surface area contributed by atoms with Gasteiger partial charge in [0.2, 0.25) is 0 Å². The first kappa shape index (κ1) is 13.8. The van der Waals surface area contributed by atoms with Gasteiger partial charge in [-0.2, -0.15) is 0 Å². The maximum absolute atomic E-state index is 13.4. The van der Waals surface area contributed by atoms with Gasteiger partial charge in [0, 0.05) is 18.5 Å². The Morgan fingerprint density at radius 3 is 2.47 bits per heavy atom. The van der Waals surface area contributed by atoms with Crippen molar-refractivity contribution in [3.05, 3.63) is 24.0 Å². The Bertz CT molecular complexity index is 512. The molecule has 1 aromatic carbocycles. The van der Waals surface area contributed by atoms with Crippen molar-refractivity contribution >= 4 is 21.2 Å². The van der Waals surface area contributed by atoms with E-state index in [4.69, 9.17) is 5.73 Å². The second-order valence-electron chi connectivity index (χ2n) is 4.62. The molecule has 0 atom stereocenters. The van der Waals surface area contributed by atoms with Crippen LogP contribution in [-0.4, -0.2) is 26.0 Å². The molecule has 17 heavy (non-hydrogen) atoms. The zero-order chi connectivity index (χ0) is 13.3. The van der Waals surface area contributed by atoms with Crippen molar-refractivity contribution < 1.29 is 12.8 Å². The standard InChI is InChI=1S/C11H17FN2O2S/c1-11(2,17(3,15)16)7-14-10-5-4-8(13)6-9(10)12/h4-6,14H,7,13H2,1-3H3. The molecule has 0 unspecified atom stereocenters. The van der Waals surface area contributed by atoms with E-state index in [1.807, 2.05) is 0 Å². The second-order valence-corrected chi connectivity index (χ2v) is 7.27. The SMILES string of the molecule is CC(C)(CNc1ccc(N)cc1F)S(C)(=O)=O. The summed E-state index contributed by atoms with van der Waals surface area (Å²) in [6.07, 6.45) is 1.16. The molecule has 0 heterocycles. The zero-order valence-corrected chi connectivity index (χ0v) is 10.9. The molecule has 3 N–H and O–H groups in total. The fourth-order valence-corrected chi connectivity index (χ4v) is 1.45. The van der Waals surface area contributed by atoms with Crippen LogP contribution in [0.2, 0.25) is 0 Å². The lowest BCUT2D eigenvalue weighted by molar-refractivity contribution is 0.558. The number of benzene rings is 1. The summed E-state index contributed by atoms with van der Waals surface area (Å²) in [6, 6.07) is 4.23. The van der Waals surface area contributed by atoms with Crippen LogP contribution in [0.4, 0.5) is 15.8 Å². The summed E-state index contributed by atoms with van der Waals surface area (Å²) in [7, 11) is -3.20. The molecule has 0 spiro atoms. The van der Waals surface area contributed by atoms with E-state index in [1.165, 1.54) is 12.1 Å². The van der Waals surface area contributed by atoms with Gasteiger partial charge >= 0.3 is 0 Å². The lowest BCUT2D eigenvalue weighted by Crippen LogP contribution is -2.38. The monoisotopic (exact) mass is 260 g/mol. The van der Waals surface area contributed by atoms with Gasteiger partial charge in [0.05, 0.1) is 10.4 Å². The van der Waals surface area contributed by atoms with Crippen LogP contribution in [0.25, 0.3) is 0 Å². The molecule has 4 nitrogen and oxygen atoms in total. The Balaban J connectivity index is 2.81. The molecule has 0 saturated heterocycles. The van der Waals surface area contributed by atoms with Crippen molar-refractivity contribution in [1.82, 2.24) is 0 Å². The molecule has 6 heteroatoms. The summed E-state index contributed by atoms with van der Waals surface area (Å²) in [5, 5.41) is 2.78. The van der Waals surface area contributed by atoms with E-state index in [9.17, 15) is 12.8 Å². The average molecular weight is 260 g/mol. The number of rotatable bonds is 4. The van der Waals surface area contributed by atoms with Gasteiger partial charge in [0.25, 0.3) is 0 Å². The van der Waals surface area contributed by atoms with Crippen molar-refractivity contribution in [2.75, 3.05) is 23.9 Å². The van der Waals surface area contributed by atoms with Crippen molar-refractivity contribution in [3.63, 3.8) is 0 Å². The maximum atomic E-state index is 13.4. The van der Waals surface area contributed by atoms with E-state index >= 15 is 0 Å². The smallest absolute Gasteiger partial charge is 0.154 e. The predicted molar refractivity (Wildman–Crippen MR) is 68.2 cm³/mol. The van der Waals surface area contributed by atoms with Gasteiger partial charge in [-0.15, -0.1) is 0 Å². The van der Waals surface area contributed by atoms with Crippen LogP contribution in [-0.2, 0) is 9.84 Å². The summed E-state index contributed by atoms with van der Waals surface area (Å²) in [6.45, 7) is 3.31. The second kappa shape index (κ2) is 4.52.